The topological polar surface area (TPSA) is 109 Å². The van der Waals surface area contributed by atoms with Crippen LogP contribution in [0.4, 0.5) is 32.3 Å². The van der Waals surface area contributed by atoms with E-state index in [1.165, 1.54) is 17.9 Å². The summed E-state index contributed by atoms with van der Waals surface area (Å²) < 4.78 is 79.2. The molecule has 0 saturated carbocycles. The molecule has 0 atom stereocenters. The lowest BCUT2D eigenvalue weighted by atomic mass is 10.0. The van der Waals surface area contributed by atoms with E-state index >= 15 is 0 Å². The number of halogens is 6. The molecule has 3 rings (SSSR count). The molecular weight excluding hydrogens is 464 g/mol. The van der Waals surface area contributed by atoms with Crippen molar-refractivity contribution in [2.24, 2.45) is 0 Å². The first kappa shape index (κ1) is 23.0. The maximum atomic E-state index is 13.0. The molecule has 0 saturated heterocycles. The number of hydrogen-bond donors (Lipinski definition) is 2. The molecule has 0 aliphatic carbocycles. The van der Waals surface area contributed by atoms with Crippen molar-refractivity contribution in [1.29, 1.82) is 5.26 Å². The molecule has 0 aliphatic rings. The molecule has 168 valence electrons. The van der Waals surface area contributed by atoms with Gasteiger partial charge in [-0.1, -0.05) is 11.3 Å². The van der Waals surface area contributed by atoms with E-state index in [0.717, 1.165) is 11.3 Å². The van der Waals surface area contributed by atoms with Gasteiger partial charge < -0.3 is 10.6 Å². The number of nitriles is 1. The van der Waals surface area contributed by atoms with Crippen LogP contribution < -0.4 is 10.6 Å². The number of nitrogens with zero attached hydrogens (tertiary/aromatic N) is 5. The van der Waals surface area contributed by atoms with Crippen molar-refractivity contribution in [1.82, 2.24) is 25.1 Å². The van der Waals surface area contributed by atoms with E-state index in [-0.39, 0.29) is 27.8 Å². The maximum absolute atomic E-state index is 13.0. The highest BCUT2D eigenvalue weighted by molar-refractivity contribution is 7.14. The zero-order valence-electron chi connectivity index (χ0n) is 15.8. The van der Waals surface area contributed by atoms with Crippen LogP contribution in [0.2, 0.25) is 0 Å². The highest BCUT2D eigenvalue weighted by Crippen LogP contribution is 2.36. The molecule has 2 heterocycles. The van der Waals surface area contributed by atoms with Crippen molar-refractivity contribution in [3.8, 4) is 11.2 Å². The zero-order valence-corrected chi connectivity index (χ0v) is 16.7. The van der Waals surface area contributed by atoms with Gasteiger partial charge >= 0.3 is 12.4 Å². The highest BCUT2D eigenvalue weighted by atomic mass is 32.1. The number of alkyl halides is 6. The minimum atomic E-state index is -5.08. The Kier molecular flexibility index (Phi) is 6.08. The lowest BCUT2D eigenvalue weighted by Crippen LogP contribution is -2.26. The number of rotatable bonds is 5. The molecule has 2 aromatic heterocycles. The third-order valence-electron chi connectivity index (χ3n) is 3.94. The van der Waals surface area contributed by atoms with Crippen molar-refractivity contribution in [2.45, 2.75) is 18.9 Å². The second-order valence-electron chi connectivity index (χ2n) is 6.11. The predicted molar refractivity (Wildman–Crippen MR) is 98.9 cm³/mol. The van der Waals surface area contributed by atoms with Crippen LogP contribution in [0.1, 0.15) is 32.2 Å². The lowest BCUT2D eigenvalue weighted by molar-refractivity contribution is -0.143. The molecule has 0 radical (unpaired) electrons. The largest absolute Gasteiger partial charge is 0.416 e. The monoisotopic (exact) mass is 475 g/mol. The second-order valence-corrected chi connectivity index (χ2v) is 7.12. The molecule has 3 aromatic rings. The molecular formula is C17H11F6N7OS. The Hall–Kier alpha value is -3.67. The predicted octanol–water partition coefficient (Wildman–Crippen LogP) is 3.60. The Morgan fingerprint density at radius 3 is 2.28 bits per heavy atom. The summed E-state index contributed by atoms with van der Waals surface area (Å²) in [5.74, 6) is -0.995. The molecule has 1 aromatic carbocycles. The molecule has 0 unspecified atom stereocenters. The standard InChI is InChI=1S/C17H11F6N7OS/c1-25-14-28-12(30(29-14)15-27-6-11(5-24)32-15)7-26-13(31)8-2-9(16(18,19)20)4-10(3-8)17(21,22)23/h2-4,6H,7H2,1H3,(H,25,29)(H,26,31). The third kappa shape index (κ3) is 4.97. The van der Waals surface area contributed by atoms with Crippen LogP contribution in [-0.4, -0.2) is 32.7 Å². The average molecular weight is 475 g/mol. The summed E-state index contributed by atoms with van der Waals surface area (Å²) in [6.45, 7) is -0.396. The van der Waals surface area contributed by atoms with Crippen LogP contribution >= 0.6 is 11.3 Å². The number of nitrogens with one attached hydrogen (secondary N) is 2. The normalized spacial score (nSPS) is 11.8. The van der Waals surface area contributed by atoms with Gasteiger partial charge in [-0.3, -0.25) is 4.79 Å². The molecule has 0 spiro atoms. The Morgan fingerprint density at radius 1 is 1.16 bits per heavy atom. The quantitative estimate of drug-likeness (QED) is 0.546. The van der Waals surface area contributed by atoms with Crippen molar-refractivity contribution >= 4 is 23.2 Å². The fraction of sp³-hybridized carbons (Fsp3) is 0.235. The summed E-state index contributed by atoms with van der Waals surface area (Å²) in [4.78, 5) is 20.7. The van der Waals surface area contributed by atoms with Crippen LogP contribution in [0.5, 0.6) is 0 Å². The van der Waals surface area contributed by atoms with Crippen LogP contribution in [0.25, 0.3) is 5.13 Å². The Morgan fingerprint density at radius 2 is 1.78 bits per heavy atom. The summed E-state index contributed by atoms with van der Waals surface area (Å²) >= 11 is 0.962. The van der Waals surface area contributed by atoms with Crippen LogP contribution in [0.15, 0.2) is 24.4 Å². The minimum absolute atomic E-state index is 0.0676. The second kappa shape index (κ2) is 8.46. The van der Waals surface area contributed by atoms with Crippen molar-refractivity contribution in [3.63, 3.8) is 0 Å². The van der Waals surface area contributed by atoms with Gasteiger partial charge in [0.1, 0.15) is 10.9 Å². The fourth-order valence-electron chi connectivity index (χ4n) is 2.48. The van der Waals surface area contributed by atoms with Crippen molar-refractivity contribution < 1.29 is 31.1 Å². The Balaban J connectivity index is 1.89. The van der Waals surface area contributed by atoms with Gasteiger partial charge in [-0.15, -0.1) is 5.10 Å². The van der Waals surface area contributed by atoms with E-state index in [4.69, 9.17) is 5.26 Å². The van der Waals surface area contributed by atoms with Gasteiger partial charge in [0.15, 0.2) is 5.82 Å². The van der Waals surface area contributed by atoms with E-state index < -0.39 is 41.5 Å². The first-order valence-electron chi connectivity index (χ1n) is 8.50. The van der Waals surface area contributed by atoms with Gasteiger partial charge in [-0.2, -0.15) is 41.3 Å². The highest BCUT2D eigenvalue weighted by Gasteiger charge is 2.37. The summed E-state index contributed by atoms with van der Waals surface area (Å²) in [6, 6.07) is 2.48. The van der Waals surface area contributed by atoms with Crippen molar-refractivity contribution in [3.05, 3.63) is 51.8 Å². The SMILES string of the molecule is CNc1nc(CNC(=O)c2cc(C(F)(F)F)cc(C(F)(F)F)c2)n(-c2ncc(C#N)s2)n1. The lowest BCUT2D eigenvalue weighted by Gasteiger charge is -2.14. The first-order valence-corrected chi connectivity index (χ1v) is 9.31. The number of carbonyl (C=O) groups excluding carboxylic acids is 1. The third-order valence-corrected chi connectivity index (χ3v) is 4.82. The molecule has 0 bridgehead atoms. The van der Waals surface area contributed by atoms with Crippen molar-refractivity contribution in [2.75, 3.05) is 12.4 Å². The number of benzene rings is 1. The fourth-order valence-corrected chi connectivity index (χ4v) is 3.17. The van der Waals surface area contributed by atoms with Gasteiger partial charge in [0.2, 0.25) is 11.1 Å². The van der Waals surface area contributed by atoms with Crippen LogP contribution in [0, 0.1) is 11.3 Å². The Labute approximate surface area is 179 Å². The van der Waals surface area contributed by atoms with Crippen LogP contribution in [0.3, 0.4) is 0 Å². The molecule has 1 amide bonds. The number of amides is 1. The van der Waals surface area contributed by atoms with E-state index in [9.17, 15) is 31.1 Å². The molecule has 0 aliphatic heterocycles. The molecule has 2 N–H and O–H groups in total. The van der Waals surface area contributed by atoms with Crippen LogP contribution in [-0.2, 0) is 18.9 Å². The molecule has 32 heavy (non-hydrogen) atoms. The number of carbonyl (C=O) groups is 1. The van der Waals surface area contributed by atoms with E-state index in [1.807, 2.05) is 6.07 Å². The van der Waals surface area contributed by atoms with Gasteiger partial charge in [0, 0.05) is 12.6 Å². The molecule has 8 nitrogen and oxygen atoms in total. The van der Waals surface area contributed by atoms with E-state index in [0.29, 0.717) is 12.1 Å². The smallest absolute Gasteiger partial charge is 0.356 e. The van der Waals surface area contributed by atoms with E-state index in [2.05, 4.69) is 25.7 Å². The summed E-state index contributed by atoms with van der Waals surface area (Å²) in [7, 11) is 1.51. The minimum Gasteiger partial charge on any atom is -0.356 e. The average Bonchev–Trinajstić information content (AvgIpc) is 3.36. The summed E-state index contributed by atoms with van der Waals surface area (Å²) in [6.07, 6.45) is -8.88. The molecule has 0 fully saturated rings. The first-order chi connectivity index (χ1) is 14.9. The van der Waals surface area contributed by atoms with Gasteiger partial charge in [-0.05, 0) is 18.2 Å². The summed E-state index contributed by atoms with van der Waals surface area (Å²) in [5.41, 5.74) is -4.04. The number of aromatic nitrogens is 4. The summed E-state index contributed by atoms with van der Waals surface area (Å²) in [5, 5.41) is 18.1. The number of anilines is 1. The van der Waals surface area contributed by atoms with E-state index in [1.54, 1.807) is 0 Å². The Bertz CT molecular complexity index is 1160. The number of hydrogen-bond acceptors (Lipinski definition) is 7. The van der Waals surface area contributed by atoms with Gasteiger partial charge in [0.05, 0.1) is 23.9 Å². The molecule has 15 heteroatoms. The number of thiazole rings is 1. The maximum Gasteiger partial charge on any atom is 0.416 e. The zero-order chi connectivity index (χ0) is 23.7. The van der Waals surface area contributed by atoms with Gasteiger partial charge in [0.25, 0.3) is 5.91 Å². The van der Waals surface area contributed by atoms with Gasteiger partial charge in [-0.25, -0.2) is 4.98 Å².